The summed E-state index contributed by atoms with van der Waals surface area (Å²) in [7, 11) is 0. The van der Waals surface area contributed by atoms with Crippen molar-refractivity contribution in [3.63, 3.8) is 0 Å². The molecule has 1 aromatic carbocycles. The molecule has 14 heavy (non-hydrogen) atoms. The van der Waals surface area contributed by atoms with Gasteiger partial charge in [0.05, 0.1) is 0 Å². The molecule has 0 radical (unpaired) electrons. The number of benzene rings is 1. The van der Waals surface area contributed by atoms with Crippen LogP contribution in [0, 0.1) is 0 Å². The summed E-state index contributed by atoms with van der Waals surface area (Å²) < 4.78 is 0. The molecule has 0 heterocycles. The van der Waals surface area contributed by atoms with E-state index >= 15 is 0 Å². The fraction of sp³-hybridized carbons (Fsp3) is 0.455. The molecule has 78 valence electrons. The Morgan fingerprint density at radius 2 is 1.93 bits per heavy atom. The Bertz CT molecular complexity index is 304. The molecule has 1 rings (SSSR count). The highest BCUT2D eigenvalue weighted by Gasteiger charge is 2.16. The molecule has 1 unspecified atom stereocenters. The first-order valence-electron chi connectivity index (χ1n) is 4.63. The number of phenolic OH excluding ortho intramolecular Hbond substituents is 1. The fourth-order valence-electron chi connectivity index (χ4n) is 1.19. The van der Waals surface area contributed by atoms with Gasteiger partial charge in [-0.25, -0.2) is 0 Å². The smallest absolute Gasteiger partial charge is 0.131 e. The Labute approximate surface area is 84.4 Å². The third-order valence-electron chi connectivity index (χ3n) is 1.76. The van der Waals surface area contributed by atoms with Crippen LogP contribution in [-0.4, -0.2) is 15.8 Å². The summed E-state index contributed by atoms with van der Waals surface area (Å²) in [5.74, 6) is 0.164. The van der Waals surface area contributed by atoms with Gasteiger partial charge in [0.25, 0.3) is 0 Å². The van der Waals surface area contributed by atoms with Crippen LogP contribution >= 0.6 is 0 Å². The summed E-state index contributed by atoms with van der Waals surface area (Å²) in [6, 6.07) is 6.60. The molecule has 1 aromatic rings. The summed E-state index contributed by atoms with van der Waals surface area (Å²) >= 11 is 0. The normalized spacial score (nSPS) is 14.0. The second-order valence-corrected chi connectivity index (χ2v) is 4.39. The molecule has 0 saturated carbocycles. The minimum Gasteiger partial charge on any atom is -0.508 e. The van der Waals surface area contributed by atoms with E-state index in [-0.39, 0.29) is 11.3 Å². The van der Waals surface area contributed by atoms with Crippen LogP contribution in [0.1, 0.15) is 32.6 Å². The summed E-state index contributed by atoms with van der Waals surface area (Å²) in [6.07, 6.45) is -0.748. The minimum atomic E-state index is -0.748. The summed E-state index contributed by atoms with van der Waals surface area (Å²) in [5, 5.41) is 22.0. The zero-order valence-corrected chi connectivity index (χ0v) is 8.78. The Kier molecular flexibility index (Phi) is 3.13. The number of nitrogens with one attached hydrogen (secondary N) is 1. The van der Waals surface area contributed by atoms with Crippen molar-refractivity contribution in [2.24, 2.45) is 0 Å². The summed E-state index contributed by atoms with van der Waals surface area (Å²) in [4.78, 5) is 0. The number of hydrogen-bond acceptors (Lipinski definition) is 3. The van der Waals surface area contributed by atoms with Gasteiger partial charge in [0.2, 0.25) is 0 Å². The molecule has 0 aliphatic rings. The van der Waals surface area contributed by atoms with E-state index in [4.69, 9.17) is 0 Å². The van der Waals surface area contributed by atoms with E-state index in [2.05, 4.69) is 5.32 Å². The van der Waals surface area contributed by atoms with Gasteiger partial charge in [-0.2, -0.15) is 0 Å². The number of aliphatic hydroxyl groups is 1. The number of aromatic hydroxyl groups is 1. The highest BCUT2D eigenvalue weighted by atomic mass is 16.3. The lowest BCUT2D eigenvalue weighted by Crippen LogP contribution is -2.38. The van der Waals surface area contributed by atoms with Crippen molar-refractivity contribution < 1.29 is 10.2 Å². The van der Waals surface area contributed by atoms with Crippen LogP contribution in [0.2, 0.25) is 0 Å². The van der Waals surface area contributed by atoms with E-state index < -0.39 is 6.23 Å². The lowest BCUT2D eigenvalue weighted by atomic mass is 10.1. The molecule has 3 N–H and O–H groups in total. The number of aliphatic hydroxyl groups excluding tert-OH is 1. The molecule has 0 bridgehead atoms. The maximum absolute atomic E-state index is 9.76. The lowest BCUT2D eigenvalue weighted by molar-refractivity contribution is 0.106. The third-order valence-corrected chi connectivity index (χ3v) is 1.76. The van der Waals surface area contributed by atoms with Crippen molar-refractivity contribution in [2.75, 3.05) is 0 Å². The van der Waals surface area contributed by atoms with E-state index in [9.17, 15) is 10.2 Å². The first-order valence-corrected chi connectivity index (χ1v) is 4.63. The van der Waals surface area contributed by atoms with Crippen molar-refractivity contribution >= 4 is 0 Å². The topological polar surface area (TPSA) is 52.5 Å². The largest absolute Gasteiger partial charge is 0.508 e. The van der Waals surface area contributed by atoms with Crippen molar-refractivity contribution in [1.82, 2.24) is 5.32 Å². The molecule has 3 nitrogen and oxygen atoms in total. The Balaban J connectivity index is 2.74. The second kappa shape index (κ2) is 3.98. The molecule has 0 spiro atoms. The van der Waals surface area contributed by atoms with Crippen molar-refractivity contribution in [1.29, 1.82) is 0 Å². The van der Waals surface area contributed by atoms with Gasteiger partial charge in [-0.1, -0.05) is 12.1 Å². The van der Waals surface area contributed by atoms with Crippen LogP contribution < -0.4 is 5.32 Å². The van der Waals surface area contributed by atoms with Crippen LogP contribution in [0.25, 0.3) is 0 Å². The fourth-order valence-corrected chi connectivity index (χ4v) is 1.19. The number of hydrogen-bond donors (Lipinski definition) is 3. The van der Waals surface area contributed by atoms with Crippen LogP contribution in [0.15, 0.2) is 24.3 Å². The van der Waals surface area contributed by atoms with Crippen molar-refractivity contribution in [3.8, 4) is 5.75 Å². The highest BCUT2D eigenvalue weighted by molar-refractivity contribution is 5.28. The summed E-state index contributed by atoms with van der Waals surface area (Å²) in [5.41, 5.74) is 0.505. The van der Waals surface area contributed by atoms with Crippen molar-refractivity contribution in [3.05, 3.63) is 29.8 Å². The van der Waals surface area contributed by atoms with Gasteiger partial charge in [0.15, 0.2) is 0 Å². The number of phenols is 1. The molecular formula is C11H17NO2. The first-order chi connectivity index (χ1) is 6.38. The third kappa shape index (κ3) is 3.36. The van der Waals surface area contributed by atoms with E-state index in [1.807, 2.05) is 20.8 Å². The van der Waals surface area contributed by atoms with Crippen LogP contribution in [-0.2, 0) is 0 Å². The van der Waals surface area contributed by atoms with Gasteiger partial charge in [-0.05, 0) is 38.5 Å². The minimum absolute atomic E-state index is 0.162. The van der Waals surface area contributed by atoms with E-state index in [0.717, 1.165) is 0 Å². The zero-order chi connectivity index (χ0) is 10.8. The molecule has 0 fully saturated rings. The van der Waals surface area contributed by atoms with E-state index in [1.165, 1.54) is 0 Å². The molecule has 0 aromatic heterocycles. The predicted molar refractivity (Wildman–Crippen MR) is 56.0 cm³/mol. The maximum Gasteiger partial charge on any atom is 0.131 e. The molecule has 0 amide bonds. The van der Waals surface area contributed by atoms with Gasteiger partial charge in [-0.3, -0.25) is 5.32 Å². The maximum atomic E-state index is 9.76. The highest BCUT2D eigenvalue weighted by Crippen LogP contribution is 2.18. The first kappa shape index (κ1) is 11.0. The molecule has 0 aliphatic heterocycles. The van der Waals surface area contributed by atoms with Gasteiger partial charge in [0.1, 0.15) is 12.0 Å². The van der Waals surface area contributed by atoms with Gasteiger partial charge in [-0.15, -0.1) is 0 Å². The summed E-state index contributed by atoms with van der Waals surface area (Å²) in [6.45, 7) is 5.91. The molecule has 1 atom stereocenters. The van der Waals surface area contributed by atoms with Crippen molar-refractivity contribution in [2.45, 2.75) is 32.5 Å². The molecular weight excluding hydrogens is 178 g/mol. The van der Waals surface area contributed by atoms with Crippen LogP contribution in [0.5, 0.6) is 5.75 Å². The number of rotatable bonds is 2. The van der Waals surface area contributed by atoms with Gasteiger partial charge in [0, 0.05) is 5.54 Å². The predicted octanol–water partition coefficient (Wildman–Crippen LogP) is 1.77. The average molecular weight is 195 g/mol. The molecule has 0 aliphatic carbocycles. The Morgan fingerprint density at radius 3 is 2.43 bits per heavy atom. The average Bonchev–Trinajstić information content (AvgIpc) is 2.01. The lowest BCUT2D eigenvalue weighted by Gasteiger charge is -2.25. The van der Waals surface area contributed by atoms with E-state index in [0.29, 0.717) is 5.56 Å². The van der Waals surface area contributed by atoms with Crippen LogP contribution in [0.4, 0.5) is 0 Å². The monoisotopic (exact) mass is 195 g/mol. The Hall–Kier alpha value is -1.06. The Morgan fingerprint density at radius 1 is 1.29 bits per heavy atom. The van der Waals surface area contributed by atoms with E-state index in [1.54, 1.807) is 24.3 Å². The zero-order valence-electron chi connectivity index (χ0n) is 8.78. The standard InChI is InChI=1S/C11H17NO2/c1-11(2,3)12-10(14)8-5-4-6-9(13)7-8/h4-7,10,12-14H,1-3H3. The van der Waals surface area contributed by atoms with Crippen LogP contribution in [0.3, 0.4) is 0 Å². The second-order valence-electron chi connectivity index (χ2n) is 4.39. The quantitative estimate of drug-likeness (QED) is 0.630. The molecule has 0 saturated heterocycles. The van der Waals surface area contributed by atoms with Gasteiger partial charge < -0.3 is 10.2 Å². The SMILES string of the molecule is CC(C)(C)NC(O)c1cccc(O)c1. The molecule has 3 heteroatoms. The van der Waals surface area contributed by atoms with Gasteiger partial charge >= 0.3 is 0 Å².